The Morgan fingerprint density at radius 3 is 2.86 bits per heavy atom. The van der Waals surface area contributed by atoms with Crippen molar-refractivity contribution in [3.05, 3.63) is 11.1 Å². The maximum atomic E-state index is 11.8. The molecule has 1 aromatic rings. The molecule has 3 N–H and O–H groups in total. The van der Waals surface area contributed by atoms with Gasteiger partial charge in [-0.05, 0) is 25.7 Å². The van der Waals surface area contributed by atoms with Crippen LogP contribution >= 0.6 is 11.3 Å². The summed E-state index contributed by atoms with van der Waals surface area (Å²) in [6.07, 6.45) is 2.49. The van der Waals surface area contributed by atoms with Gasteiger partial charge >= 0.3 is 12.0 Å². The Balaban J connectivity index is 1.41. The third-order valence-electron chi connectivity index (χ3n) is 3.61. The number of carboxylic acid groups (broad SMARTS) is 1. The molecule has 8 heteroatoms. The lowest BCUT2D eigenvalue weighted by Crippen LogP contribution is -2.35. The molecule has 2 amide bonds. The third-order valence-corrected chi connectivity index (χ3v) is 4.39. The van der Waals surface area contributed by atoms with Gasteiger partial charge in [0.25, 0.3) is 0 Å². The molecule has 1 aromatic heterocycles. The number of carbonyl (C=O) groups excluding carboxylic acids is 1. The summed E-state index contributed by atoms with van der Waals surface area (Å²) in [6, 6.07) is -0.339. The molecule has 2 fully saturated rings. The summed E-state index contributed by atoms with van der Waals surface area (Å²) in [4.78, 5) is 26.9. The lowest BCUT2D eigenvalue weighted by Gasteiger charge is -2.12. The maximum Gasteiger partial charge on any atom is 0.332 e. The van der Waals surface area contributed by atoms with Gasteiger partial charge in [-0.3, -0.25) is 5.32 Å². The summed E-state index contributed by atoms with van der Waals surface area (Å²) in [5.41, 5.74) is 1.05. The van der Waals surface area contributed by atoms with Crippen LogP contribution in [0.15, 0.2) is 5.38 Å². The zero-order valence-electron chi connectivity index (χ0n) is 11.4. The number of urea groups is 1. The molecular formula is C13H17N3O4S. The number of rotatable bonds is 5. The van der Waals surface area contributed by atoms with E-state index in [1.54, 1.807) is 0 Å². The predicted molar refractivity (Wildman–Crippen MR) is 76.6 cm³/mol. The molecule has 1 aliphatic carbocycles. The molecule has 3 rings (SSSR count). The van der Waals surface area contributed by atoms with Crippen LogP contribution in [0.5, 0.6) is 0 Å². The number of aliphatic carboxylic acids is 1. The van der Waals surface area contributed by atoms with E-state index in [-0.39, 0.29) is 12.1 Å². The number of thiazole rings is 1. The number of aromatic nitrogens is 1. The average molecular weight is 311 g/mol. The topological polar surface area (TPSA) is 101 Å². The molecule has 2 atom stereocenters. The highest BCUT2D eigenvalue weighted by atomic mass is 32.1. The van der Waals surface area contributed by atoms with Crippen molar-refractivity contribution in [1.29, 1.82) is 0 Å². The largest absolute Gasteiger partial charge is 0.479 e. The number of hydrogen-bond acceptors (Lipinski definition) is 5. The number of carbonyl (C=O) groups is 2. The number of nitrogens with zero attached hydrogens (tertiary/aromatic N) is 1. The molecule has 1 aliphatic heterocycles. The maximum absolute atomic E-state index is 11.8. The van der Waals surface area contributed by atoms with E-state index in [4.69, 9.17) is 9.84 Å². The van der Waals surface area contributed by atoms with Gasteiger partial charge in [0.15, 0.2) is 11.2 Å². The summed E-state index contributed by atoms with van der Waals surface area (Å²) in [5.74, 6) is -0.378. The molecule has 2 heterocycles. The highest BCUT2D eigenvalue weighted by molar-refractivity contribution is 7.13. The van der Waals surface area contributed by atoms with E-state index in [0.717, 1.165) is 5.69 Å². The van der Waals surface area contributed by atoms with Gasteiger partial charge in [-0.1, -0.05) is 0 Å². The highest BCUT2D eigenvalue weighted by Gasteiger charge is 2.30. The Hall–Kier alpha value is -1.67. The third kappa shape index (κ3) is 3.70. The minimum atomic E-state index is -0.947. The van der Waals surface area contributed by atoms with Gasteiger partial charge < -0.3 is 15.2 Å². The molecule has 2 aliphatic rings. The van der Waals surface area contributed by atoms with Crippen molar-refractivity contribution in [1.82, 2.24) is 10.3 Å². The first-order valence-electron chi connectivity index (χ1n) is 7.00. The van der Waals surface area contributed by atoms with Gasteiger partial charge in [0, 0.05) is 17.8 Å². The van der Waals surface area contributed by atoms with Crippen LogP contribution in [-0.2, 0) is 9.53 Å². The standard InChI is InChI=1S/C13H17N3O4S/c17-11(18)10-4-3-8(20-10)5-14-12(19)16-13-15-9(6-21-13)7-1-2-7/h6-8,10H,1-5H2,(H,17,18)(H2,14,15,16,19). The van der Waals surface area contributed by atoms with Crippen LogP contribution in [-0.4, -0.2) is 40.8 Å². The van der Waals surface area contributed by atoms with Crippen LogP contribution in [0.3, 0.4) is 0 Å². The van der Waals surface area contributed by atoms with Crippen LogP contribution in [0, 0.1) is 0 Å². The fraction of sp³-hybridized carbons (Fsp3) is 0.615. The van der Waals surface area contributed by atoms with Crippen LogP contribution < -0.4 is 10.6 Å². The van der Waals surface area contributed by atoms with E-state index >= 15 is 0 Å². The van der Waals surface area contributed by atoms with Gasteiger partial charge in [0.1, 0.15) is 0 Å². The second kappa shape index (κ2) is 5.98. The molecule has 21 heavy (non-hydrogen) atoms. The molecule has 0 bridgehead atoms. The smallest absolute Gasteiger partial charge is 0.332 e. The number of amides is 2. The number of hydrogen-bond donors (Lipinski definition) is 3. The van der Waals surface area contributed by atoms with Gasteiger partial charge in [0.05, 0.1) is 11.8 Å². The van der Waals surface area contributed by atoms with Crippen molar-refractivity contribution in [2.75, 3.05) is 11.9 Å². The Bertz CT molecular complexity index is 543. The SMILES string of the molecule is O=C(NCC1CCC(C(=O)O)O1)Nc1nc(C2CC2)cs1. The Kier molecular flexibility index (Phi) is 4.07. The van der Waals surface area contributed by atoms with E-state index in [9.17, 15) is 9.59 Å². The number of anilines is 1. The van der Waals surface area contributed by atoms with E-state index in [1.165, 1.54) is 24.2 Å². The van der Waals surface area contributed by atoms with E-state index in [1.807, 2.05) is 5.38 Å². The first-order chi connectivity index (χ1) is 10.1. The summed E-state index contributed by atoms with van der Waals surface area (Å²) < 4.78 is 5.31. The Morgan fingerprint density at radius 1 is 1.38 bits per heavy atom. The second-order valence-corrected chi connectivity index (χ2v) is 6.21. The molecule has 114 valence electrons. The quantitative estimate of drug-likeness (QED) is 0.769. The van der Waals surface area contributed by atoms with Crippen LogP contribution in [0.2, 0.25) is 0 Å². The van der Waals surface area contributed by atoms with E-state index in [2.05, 4.69) is 15.6 Å². The molecular weight excluding hydrogens is 294 g/mol. The molecule has 0 aromatic carbocycles. The summed E-state index contributed by atoms with van der Waals surface area (Å²) in [7, 11) is 0. The van der Waals surface area contributed by atoms with Crippen molar-refractivity contribution in [2.24, 2.45) is 0 Å². The van der Waals surface area contributed by atoms with Gasteiger partial charge in [0.2, 0.25) is 0 Å². The Morgan fingerprint density at radius 2 is 2.19 bits per heavy atom. The van der Waals surface area contributed by atoms with E-state index < -0.39 is 12.1 Å². The first kappa shape index (κ1) is 14.3. The van der Waals surface area contributed by atoms with Crippen LogP contribution in [0.4, 0.5) is 9.93 Å². The molecule has 7 nitrogen and oxygen atoms in total. The average Bonchev–Trinajstić information content (AvgIpc) is 3.00. The fourth-order valence-corrected chi connectivity index (χ4v) is 3.08. The summed E-state index contributed by atoms with van der Waals surface area (Å²) in [6.45, 7) is 0.302. The van der Waals surface area contributed by atoms with Crippen molar-refractivity contribution in [2.45, 2.75) is 43.8 Å². The van der Waals surface area contributed by atoms with Crippen molar-refractivity contribution in [3.63, 3.8) is 0 Å². The molecule has 2 unspecified atom stereocenters. The molecule has 0 radical (unpaired) electrons. The molecule has 1 saturated carbocycles. The summed E-state index contributed by atoms with van der Waals surface area (Å²) >= 11 is 1.42. The normalized spacial score (nSPS) is 24.8. The van der Waals surface area contributed by atoms with Crippen molar-refractivity contribution in [3.8, 4) is 0 Å². The second-order valence-electron chi connectivity index (χ2n) is 5.35. The van der Waals surface area contributed by atoms with Gasteiger partial charge in [-0.2, -0.15) is 0 Å². The summed E-state index contributed by atoms with van der Waals surface area (Å²) in [5, 5.41) is 16.8. The lowest BCUT2D eigenvalue weighted by molar-refractivity contribution is -0.149. The highest BCUT2D eigenvalue weighted by Crippen LogP contribution is 2.40. The fourth-order valence-electron chi connectivity index (χ4n) is 2.30. The van der Waals surface area contributed by atoms with Crippen LogP contribution in [0.25, 0.3) is 0 Å². The number of nitrogens with one attached hydrogen (secondary N) is 2. The van der Waals surface area contributed by atoms with Gasteiger partial charge in [-0.25, -0.2) is 14.6 Å². The first-order valence-corrected chi connectivity index (χ1v) is 7.88. The lowest BCUT2D eigenvalue weighted by atomic mass is 10.2. The van der Waals surface area contributed by atoms with Crippen molar-refractivity contribution < 1.29 is 19.4 Å². The predicted octanol–water partition coefficient (Wildman–Crippen LogP) is 1.77. The van der Waals surface area contributed by atoms with Gasteiger partial charge in [-0.15, -0.1) is 11.3 Å². The number of carboxylic acids is 1. The minimum Gasteiger partial charge on any atom is -0.479 e. The Labute approximate surface area is 125 Å². The monoisotopic (exact) mass is 311 g/mol. The van der Waals surface area contributed by atoms with Crippen molar-refractivity contribution >= 4 is 28.5 Å². The van der Waals surface area contributed by atoms with E-state index in [0.29, 0.717) is 30.4 Å². The molecule has 0 spiro atoms. The molecule has 1 saturated heterocycles. The zero-order chi connectivity index (χ0) is 14.8. The van der Waals surface area contributed by atoms with Crippen LogP contribution in [0.1, 0.15) is 37.3 Å². The number of ether oxygens (including phenoxy) is 1. The zero-order valence-corrected chi connectivity index (χ0v) is 12.2. The minimum absolute atomic E-state index is 0.241.